The van der Waals surface area contributed by atoms with Gasteiger partial charge in [-0.15, -0.1) is 0 Å². The van der Waals surface area contributed by atoms with Crippen molar-refractivity contribution in [3.05, 3.63) is 0 Å². The lowest BCUT2D eigenvalue weighted by Crippen LogP contribution is -2.45. The maximum absolute atomic E-state index is 5.75. The second-order valence-corrected chi connectivity index (χ2v) is 5.73. The van der Waals surface area contributed by atoms with Gasteiger partial charge in [0.2, 0.25) is 0 Å². The highest BCUT2D eigenvalue weighted by Crippen LogP contribution is 2.31. The molecular weight excluding hydrogens is 230 g/mol. The largest absolute Gasteiger partial charge is 0.378 e. The van der Waals surface area contributed by atoms with E-state index in [1.807, 2.05) is 0 Å². The first-order valence-electron chi connectivity index (χ1n) is 7.48. The SMILES string of the molecule is C1COC(CCCN2CCC3(CC2)OCCO3)C1. The average Bonchev–Trinajstić information content (AvgIpc) is 3.04. The molecule has 18 heavy (non-hydrogen) atoms. The lowest BCUT2D eigenvalue weighted by atomic mass is 10.0. The summed E-state index contributed by atoms with van der Waals surface area (Å²) in [5.41, 5.74) is 0. The third-order valence-electron chi connectivity index (χ3n) is 4.46. The molecule has 0 aliphatic carbocycles. The molecule has 1 spiro atoms. The van der Waals surface area contributed by atoms with Gasteiger partial charge >= 0.3 is 0 Å². The van der Waals surface area contributed by atoms with Crippen LogP contribution >= 0.6 is 0 Å². The quantitative estimate of drug-likeness (QED) is 0.766. The molecule has 3 rings (SSSR count). The molecule has 3 saturated heterocycles. The molecule has 0 saturated carbocycles. The minimum Gasteiger partial charge on any atom is -0.378 e. The van der Waals surface area contributed by atoms with Gasteiger partial charge in [0, 0.05) is 32.5 Å². The van der Waals surface area contributed by atoms with E-state index in [0.29, 0.717) is 6.10 Å². The lowest BCUT2D eigenvalue weighted by Gasteiger charge is -2.37. The van der Waals surface area contributed by atoms with Crippen molar-refractivity contribution in [2.24, 2.45) is 0 Å². The molecule has 0 N–H and O–H groups in total. The predicted molar refractivity (Wildman–Crippen MR) is 68.5 cm³/mol. The van der Waals surface area contributed by atoms with E-state index in [0.717, 1.165) is 45.8 Å². The van der Waals surface area contributed by atoms with Gasteiger partial charge in [-0.3, -0.25) is 0 Å². The topological polar surface area (TPSA) is 30.9 Å². The van der Waals surface area contributed by atoms with Crippen molar-refractivity contribution in [2.45, 2.75) is 50.4 Å². The third kappa shape index (κ3) is 3.05. The summed E-state index contributed by atoms with van der Waals surface area (Å²) < 4.78 is 17.2. The zero-order valence-corrected chi connectivity index (χ0v) is 11.2. The van der Waals surface area contributed by atoms with Crippen LogP contribution in [-0.4, -0.2) is 56.2 Å². The molecule has 1 unspecified atom stereocenters. The number of ether oxygens (including phenoxy) is 3. The fraction of sp³-hybridized carbons (Fsp3) is 1.00. The molecule has 3 heterocycles. The summed E-state index contributed by atoms with van der Waals surface area (Å²) in [6.07, 6.45) is 7.63. The van der Waals surface area contributed by atoms with Crippen molar-refractivity contribution in [3.8, 4) is 0 Å². The van der Waals surface area contributed by atoms with E-state index >= 15 is 0 Å². The minimum atomic E-state index is -0.217. The van der Waals surface area contributed by atoms with E-state index in [1.165, 1.54) is 32.2 Å². The maximum Gasteiger partial charge on any atom is 0.170 e. The summed E-state index contributed by atoms with van der Waals surface area (Å²) in [6.45, 7) is 5.97. The van der Waals surface area contributed by atoms with E-state index < -0.39 is 0 Å². The number of rotatable bonds is 4. The first-order chi connectivity index (χ1) is 8.86. The minimum absolute atomic E-state index is 0.217. The first kappa shape index (κ1) is 12.9. The average molecular weight is 255 g/mol. The zero-order valence-electron chi connectivity index (χ0n) is 11.2. The van der Waals surface area contributed by atoms with Gasteiger partial charge < -0.3 is 19.1 Å². The van der Waals surface area contributed by atoms with Crippen molar-refractivity contribution >= 4 is 0 Å². The number of hydrogen-bond donors (Lipinski definition) is 0. The van der Waals surface area contributed by atoms with Crippen molar-refractivity contribution in [1.82, 2.24) is 4.90 Å². The molecule has 0 radical (unpaired) electrons. The van der Waals surface area contributed by atoms with Gasteiger partial charge in [0.25, 0.3) is 0 Å². The standard InChI is InChI=1S/C14H25NO3/c1(3-13-4-2-10-16-13)7-15-8-5-14(6-9-15)17-11-12-18-14/h13H,1-12H2. The van der Waals surface area contributed by atoms with Crippen LogP contribution in [0.1, 0.15) is 38.5 Å². The molecule has 3 aliphatic heterocycles. The third-order valence-corrected chi connectivity index (χ3v) is 4.46. The summed E-state index contributed by atoms with van der Waals surface area (Å²) in [7, 11) is 0. The molecule has 3 fully saturated rings. The Labute approximate surface area is 110 Å². The number of piperidine rings is 1. The Hall–Kier alpha value is -0.160. The van der Waals surface area contributed by atoms with Crippen LogP contribution in [0.5, 0.6) is 0 Å². The van der Waals surface area contributed by atoms with Crippen LogP contribution in [0.3, 0.4) is 0 Å². The van der Waals surface area contributed by atoms with Crippen molar-refractivity contribution in [3.63, 3.8) is 0 Å². The van der Waals surface area contributed by atoms with Crippen LogP contribution in [0.4, 0.5) is 0 Å². The molecule has 1 atom stereocenters. The summed E-state index contributed by atoms with van der Waals surface area (Å²) in [5, 5.41) is 0. The van der Waals surface area contributed by atoms with Crippen molar-refractivity contribution in [1.29, 1.82) is 0 Å². The van der Waals surface area contributed by atoms with Crippen LogP contribution < -0.4 is 0 Å². The Bertz CT molecular complexity index is 250. The van der Waals surface area contributed by atoms with Crippen LogP contribution in [0.2, 0.25) is 0 Å². The fourth-order valence-corrected chi connectivity index (χ4v) is 3.32. The Morgan fingerprint density at radius 1 is 1.06 bits per heavy atom. The molecule has 104 valence electrons. The predicted octanol–water partition coefficient (Wildman–Crippen LogP) is 1.78. The van der Waals surface area contributed by atoms with E-state index in [-0.39, 0.29) is 5.79 Å². The lowest BCUT2D eigenvalue weighted by molar-refractivity contribution is -0.185. The summed E-state index contributed by atoms with van der Waals surface area (Å²) >= 11 is 0. The summed E-state index contributed by atoms with van der Waals surface area (Å²) in [6, 6.07) is 0. The molecule has 0 aromatic carbocycles. The first-order valence-corrected chi connectivity index (χ1v) is 7.48. The molecule has 3 aliphatic rings. The zero-order chi connectivity index (χ0) is 12.3. The van der Waals surface area contributed by atoms with E-state index in [9.17, 15) is 0 Å². The molecule has 0 bridgehead atoms. The van der Waals surface area contributed by atoms with E-state index in [4.69, 9.17) is 14.2 Å². The van der Waals surface area contributed by atoms with Crippen LogP contribution in [-0.2, 0) is 14.2 Å². The van der Waals surface area contributed by atoms with Gasteiger partial charge in [0.15, 0.2) is 5.79 Å². The highest BCUT2D eigenvalue weighted by Gasteiger charge is 2.39. The molecule has 0 aromatic rings. The fourth-order valence-electron chi connectivity index (χ4n) is 3.32. The van der Waals surface area contributed by atoms with Gasteiger partial charge in [-0.25, -0.2) is 0 Å². The van der Waals surface area contributed by atoms with E-state index in [2.05, 4.69) is 4.90 Å². The normalized spacial score (nSPS) is 32.3. The maximum atomic E-state index is 5.75. The number of hydrogen-bond acceptors (Lipinski definition) is 4. The Kier molecular flexibility index (Phi) is 4.19. The molecule has 0 aromatic heterocycles. The Balaban J connectivity index is 1.32. The van der Waals surface area contributed by atoms with Gasteiger partial charge in [-0.1, -0.05) is 0 Å². The number of likely N-dealkylation sites (tertiary alicyclic amines) is 1. The summed E-state index contributed by atoms with van der Waals surface area (Å²) in [5.74, 6) is -0.217. The van der Waals surface area contributed by atoms with Gasteiger partial charge in [-0.2, -0.15) is 0 Å². The van der Waals surface area contributed by atoms with Gasteiger partial charge in [0.1, 0.15) is 0 Å². The molecule has 4 nitrogen and oxygen atoms in total. The Morgan fingerprint density at radius 3 is 2.50 bits per heavy atom. The van der Waals surface area contributed by atoms with E-state index in [1.54, 1.807) is 0 Å². The van der Waals surface area contributed by atoms with Crippen LogP contribution in [0, 0.1) is 0 Å². The smallest absolute Gasteiger partial charge is 0.170 e. The number of nitrogens with zero attached hydrogens (tertiary/aromatic N) is 1. The second kappa shape index (κ2) is 5.87. The second-order valence-electron chi connectivity index (χ2n) is 5.73. The molecule has 4 heteroatoms. The van der Waals surface area contributed by atoms with Gasteiger partial charge in [-0.05, 0) is 32.2 Å². The molecule has 0 amide bonds. The molecular formula is C14H25NO3. The van der Waals surface area contributed by atoms with Gasteiger partial charge in [0.05, 0.1) is 19.3 Å². The van der Waals surface area contributed by atoms with Crippen LogP contribution in [0.15, 0.2) is 0 Å². The summed E-state index contributed by atoms with van der Waals surface area (Å²) in [4.78, 5) is 2.55. The highest BCUT2D eigenvalue weighted by atomic mass is 16.7. The van der Waals surface area contributed by atoms with Crippen molar-refractivity contribution < 1.29 is 14.2 Å². The highest BCUT2D eigenvalue weighted by molar-refractivity contribution is 4.82. The van der Waals surface area contributed by atoms with Crippen molar-refractivity contribution in [2.75, 3.05) is 39.5 Å². The Morgan fingerprint density at radius 2 is 1.83 bits per heavy atom. The monoisotopic (exact) mass is 255 g/mol. The van der Waals surface area contributed by atoms with Crippen LogP contribution in [0.25, 0.3) is 0 Å².